The highest BCUT2D eigenvalue weighted by atomic mass is 16.6. The van der Waals surface area contributed by atoms with E-state index in [4.69, 9.17) is 14.6 Å². The first-order chi connectivity index (χ1) is 10.2. The standard InChI is InChI=1S/C15H26N2O5/c1-14(2,3)22-13(20)17-9-15(10-17,7-12(18)19)16-8-11-5-4-6-21-11/h11,16H,4-10H2,1-3H3,(H,18,19). The molecule has 0 aromatic heterocycles. The topological polar surface area (TPSA) is 88.1 Å². The lowest BCUT2D eigenvalue weighted by Gasteiger charge is -2.50. The van der Waals surface area contributed by atoms with Crippen LogP contribution in [-0.4, -0.2) is 65.6 Å². The number of likely N-dealkylation sites (tertiary alicyclic amines) is 1. The molecular weight excluding hydrogens is 288 g/mol. The molecule has 0 radical (unpaired) electrons. The third-order valence-corrected chi connectivity index (χ3v) is 3.86. The van der Waals surface area contributed by atoms with Crippen LogP contribution in [-0.2, 0) is 14.3 Å². The number of nitrogens with one attached hydrogen (secondary N) is 1. The lowest BCUT2D eigenvalue weighted by Crippen LogP contribution is -2.71. The number of carboxylic acids is 1. The van der Waals surface area contributed by atoms with Gasteiger partial charge in [-0.15, -0.1) is 0 Å². The predicted molar refractivity (Wildman–Crippen MR) is 79.8 cm³/mol. The highest BCUT2D eigenvalue weighted by molar-refractivity contribution is 5.73. The molecule has 2 rings (SSSR count). The maximum atomic E-state index is 12.0. The van der Waals surface area contributed by atoms with Crippen molar-refractivity contribution in [3.05, 3.63) is 0 Å². The molecule has 0 saturated carbocycles. The Morgan fingerprint density at radius 2 is 2.09 bits per heavy atom. The Balaban J connectivity index is 1.86. The summed E-state index contributed by atoms with van der Waals surface area (Å²) >= 11 is 0. The maximum Gasteiger partial charge on any atom is 0.410 e. The van der Waals surface area contributed by atoms with Gasteiger partial charge in [0.05, 0.1) is 18.1 Å². The smallest absolute Gasteiger partial charge is 0.410 e. The third kappa shape index (κ3) is 4.58. The molecular formula is C15H26N2O5. The number of hydrogen-bond acceptors (Lipinski definition) is 5. The highest BCUT2D eigenvalue weighted by Crippen LogP contribution is 2.27. The maximum absolute atomic E-state index is 12.0. The number of amides is 1. The molecule has 2 fully saturated rings. The molecule has 126 valence electrons. The van der Waals surface area contributed by atoms with Crippen molar-refractivity contribution in [2.75, 3.05) is 26.2 Å². The highest BCUT2D eigenvalue weighted by Gasteiger charge is 2.48. The van der Waals surface area contributed by atoms with E-state index < -0.39 is 23.2 Å². The summed E-state index contributed by atoms with van der Waals surface area (Å²) in [5, 5.41) is 12.4. The number of aliphatic carboxylic acids is 1. The quantitative estimate of drug-likeness (QED) is 0.793. The van der Waals surface area contributed by atoms with E-state index in [1.807, 2.05) is 20.8 Å². The second-order valence-electron chi connectivity index (χ2n) is 7.20. The molecule has 2 heterocycles. The Morgan fingerprint density at radius 3 is 2.59 bits per heavy atom. The van der Waals surface area contributed by atoms with Gasteiger partial charge in [-0.1, -0.05) is 0 Å². The number of nitrogens with zero attached hydrogens (tertiary/aromatic N) is 1. The zero-order valence-electron chi connectivity index (χ0n) is 13.6. The first-order valence-corrected chi connectivity index (χ1v) is 7.75. The summed E-state index contributed by atoms with van der Waals surface area (Å²) in [4.78, 5) is 24.6. The number of hydrogen-bond donors (Lipinski definition) is 2. The lowest BCUT2D eigenvalue weighted by molar-refractivity contribution is -0.141. The minimum absolute atomic E-state index is 0.0149. The van der Waals surface area contributed by atoms with Crippen molar-refractivity contribution in [3.8, 4) is 0 Å². The minimum atomic E-state index is -0.872. The summed E-state index contributed by atoms with van der Waals surface area (Å²) in [6.07, 6.45) is 1.77. The Kier molecular flexibility index (Phi) is 4.97. The van der Waals surface area contributed by atoms with Gasteiger partial charge < -0.3 is 24.8 Å². The van der Waals surface area contributed by atoms with Crippen molar-refractivity contribution in [3.63, 3.8) is 0 Å². The third-order valence-electron chi connectivity index (χ3n) is 3.86. The molecule has 0 bridgehead atoms. The normalized spacial score (nSPS) is 24.0. The summed E-state index contributed by atoms with van der Waals surface area (Å²) in [6.45, 7) is 7.51. The average Bonchev–Trinajstić information content (AvgIpc) is 2.81. The molecule has 0 spiro atoms. The minimum Gasteiger partial charge on any atom is -0.481 e. The van der Waals surface area contributed by atoms with Crippen LogP contribution in [0.5, 0.6) is 0 Å². The van der Waals surface area contributed by atoms with E-state index in [0.717, 1.165) is 19.4 Å². The summed E-state index contributed by atoms with van der Waals surface area (Å²) in [5.74, 6) is -0.872. The van der Waals surface area contributed by atoms with Crippen LogP contribution < -0.4 is 5.32 Å². The molecule has 22 heavy (non-hydrogen) atoms. The zero-order chi connectivity index (χ0) is 16.4. The van der Waals surface area contributed by atoms with Crippen LogP contribution in [0, 0.1) is 0 Å². The number of carboxylic acid groups (broad SMARTS) is 1. The Hall–Kier alpha value is -1.34. The molecule has 0 aromatic rings. The second-order valence-corrected chi connectivity index (χ2v) is 7.20. The molecule has 2 aliphatic rings. The van der Waals surface area contributed by atoms with Crippen molar-refractivity contribution >= 4 is 12.1 Å². The first-order valence-electron chi connectivity index (χ1n) is 7.75. The van der Waals surface area contributed by atoms with Gasteiger partial charge in [0.25, 0.3) is 0 Å². The van der Waals surface area contributed by atoms with Gasteiger partial charge in [-0.3, -0.25) is 4.79 Å². The van der Waals surface area contributed by atoms with Crippen LogP contribution in [0.4, 0.5) is 4.79 Å². The summed E-state index contributed by atoms with van der Waals surface area (Å²) in [5.41, 5.74) is -1.12. The lowest BCUT2D eigenvalue weighted by atomic mass is 9.86. The Labute approximate surface area is 130 Å². The van der Waals surface area contributed by atoms with Gasteiger partial charge in [0.2, 0.25) is 0 Å². The number of rotatable bonds is 5. The van der Waals surface area contributed by atoms with Crippen LogP contribution in [0.25, 0.3) is 0 Å². The first kappa shape index (κ1) is 17.0. The summed E-state index contributed by atoms with van der Waals surface area (Å²) in [7, 11) is 0. The molecule has 1 atom stereocenters. The van der Waals surface area contributed by atoms with Gasteiger partial charge in [0.15, 0.2) is 0 Å². The van der Waals surface area contributed by atoms with Gasteiger partial charge in [0.1, 0.15) is 5.60 Å². The monoisotopic (exact) mass is 314 g/mol. The van der Waals surface area contributed by atoms with Crippen LogP contribution in [0.15, 0.2) is 0 Å². The Bertz CT molecular complexity index is 420. The van der Waals surface area contributed by atoms with Crippen molar-refractivity contribution in [1.82, 2.24) is 10.2 Å². The van der Waals surface area contributed by atoms with Gasteiger partial charge in [-0.25, -0.2) is 4.79 Å². The van der Waals surface area contributed by atoms with E-state index in [0.29, 0.717) is 19.6 Å². The van der Waals surface area contributed by atoms with E-state index in [1.54, 1.807) is 0 Å². The van der Waals surface area contributed by atoms with E-state index in [1.165, 1.54) is 4.90 Å². The van der Waals surface area contributed by atoms with Gasteiger partial charge in [-0.2, -0.15) is 0 Å². The molecule has 0 aromatic carbocycles. The predicted octanol–water partition coefficient (Wildman–Crippen LogP) is 1.22. The number of ether oxygens (including phenoxy) is 2. The van der Waals surface area contributed by atoms with Gasteiger partial charge >= 0.3 is 12.1 Å². The molecule has 1 amide bonds. The Morgan fingerprint density at radius 1 is 1.41 bits per heavy atom. The fraction of sp³-hybridized carbons (Fsp3) is 0.867. The molecule has 7 heteroatoms. The number of carbonyl (C=O) groups excluding carboxylic acids is 1. The largest absolute Gasteiger partial charge is 0.481 e. The fourth-order valence-corrected chi connectivity index (χ4v) is 2.85. The molecule has 2 saturated heterocycles. The van der Waals surface area contributed by atoms with Crippen molar-refractivity contribution in [2.24, 2.45) is 0 Å². The van der Waals surface area contributed by atoms with E-state index in [9.17, 15) is 9.59 Å². The average molecular weight is 314 g/mol. The summed E-state index contributed by atoms with van der Waals surface area (Å²) in [6, 6.07) is 0. The van der Waals surface area contributed by atoms with E-state index in [-0.39, 0.29) is 12.5 Å². The van der Waals surface area contributed by atoms with Crippen LogP contribution >= 0.6 is 0 Å². The molecule has 2 N–H and O–H groups in total. The van der Waals surface area contributed by atoms with E-state index in [2.05, 4.69) is 5.32 Å². The fourth-order valence-electron chi connectivity index (χ4n) is 2.85. The van der Waals surface area contributed by atoms with Crippen molar-refractivity contribution < 1.29 is 24.2 Å². The molecule has 0 aliphatic carbocycles. The van der Waals surface area contributed by atoms with Gasteiger partial charge in [-0.05, 0) is 33.6 Å². The molecule has 2 aliphatic heterocycles. The van der Waals surface area contributed by atoms with Gasteiger partial charge in [0, 0.05) is 26.2 Å². The molecule has 7 nitrogen and oxygen atoms in total. The second kappa shape index (κ2) is 6.42. The van der Waals surface area contributed by atoms with Crippen LogP contribution in [0.2, 0.25) is 0 Å². The van der Waals surface area contributed by atoms with Crippen LogP contribution in [0.3, 0.4) is 0 Å². The number of carbonyl (C=O) groups is 2. The summed E-state index contributed by atoms with van der Waals surface area (Å²) < 4.78 is 10.9. The van der Waals surface area contributed by atoms with E-state index >= 15 is 0 Å². The SMILES string of the molecule is CC(C)(C)OC(=O)N1CC(CC(=O)O)(NCC2CCCO2)C1. The zero-order valence-corrected chi connectivity index (χ0v) is 13.6. The van der Waals surface area contributed by atoms with Crippen LogP contribution in [0.1, 0.15) is 40.0 Å². The molecule has 1 unspecified atom stereocenters. The van der Waals surface area contributed by atoms with Crippen molar-refractivity contribution in [2.45, 2.75) is 57.3 Å². The van der Waals surface area contributed by atoms with Crippen molar-refractivity contribution in [1.29, 1.82) is 0 Å².